The first-order valence-corrected chi connectivity index (χ1v) is 7.21. The topological polar surface area (TPSA) is 56.7 Å². The largest absolute Gasteiger partial charge is 0.324 e. The van der Waals surface area contributed by atoms with E-state index in [4.69, 9.17) is 5.73 Å². The molecule has 0 aliphatic heterocycles. The molecule has 0 atom stereocenters. The molecular formula is C17H19FN4. The molecule has 0 saturated heterocycles. The Kier molecular flexibility index (Phi) is 3.45. The van der Waals surface area contributed by atoms with E-state index in [1.165, 1.54) is 12.1 Å². The molecule has 1 aromatic carbocycles. The monoisotopic (exact) mass is 298 g/mol. The zero-order chi connectivity index (χ0) is 15.9. The predicted octanol–water partition coefficient (Wildman–Crippen LogP) is 3.28. The molecule has 22 heavy (non-hydrogen) atoms. The molecule has 0 unspecified atom stereocenters. The molecule has 3 aromatic rings. The quantitative estimate of drug-likeness (QED) is 0.807. The Hall–Kier alpha value is -2.27. The van der Waals surface area contributed by atoms with E-state index in [-0.39, 0.29) is 5.82 Å². The third-order valence-electron chi connectivity index (χ3n) is 3.39. The van der Waals surface area contributed by atoms with Crippen LogP contribution in [0.2, 0.25) is 0 Å². The molecular weight excluding hydrogens is 279 g/mol. The first-order chi connectivity index (χ1) is 10.3. The molecule has 5 heteroatoms. The van der Waals surface area contributed by atoms with Gasteiger partial charge < -0.3 is 10.3 Å². The Bertz CT molecular complexity index is 813. The highest BCUT2D eigenvalue weighted by molar-refractivity contribution is 5.77. The van der Waals surface area contributed by atoms with Crippen LogP contribution in [0.3, 0.4) is 0 Å². The molecule has 2 heterocycles. The van der Waals surface area contributed by atoms with Gasteiger partial charge in [-0.25, -0.2) is 14.4 Å². The lowest BCUT2D eigenvalue weighted by Crippen LogP contribution is -2.37. The molecule has 114 valence electrons. The lowest BCUT2D eigenvalue weighted by Gasteiger charge is -2.21. The van der Waals surface area contributed by atoms with Gasteiger partial charge in [-0.3, -0.25) is 0 Å². The van der Waals surface area contributed by atoms with E-state index < -0.39 is 5.54 Å². The maximum Gasteiger partial charge on any atom is 0.160 e. The van der Waals surface area contributed by atoms with Gasteiger partial charge in [0.2, 0.25) is 0 Å². The van der Waals surface area contributed by atoms with Gasteiger partial charge in [-0.2, -0.15) is 0 Å². The van der Waals surface area contributed by atoms with Gasteiger partial charge in [0.1, 0.15) is 17.2 Å². The average molecular weight is 298 g/mol. The Morgan fingerprint density at radius 3 is 2.55 bits per heavy atom. The molecule has 0 amide bonds. The first-order valence-electron chi connectivity index (χ1n) is 7.21. The number of nitrogens with two attached hydrogens (primary N) is 1. The standard InChI is InChI=1S/C17H19FN4/c1-11-8-14-16(20-9-11)22(10-17(2,3)19)15(21-14)12-4-6-13(18)7-5-12/h4-9H,10,19H2,1-3H3. The summed E-state index contributed by atoms with van der Waals surface area (Å²) in [5.74, 6) is 0.492. The average Bonchev–Trinajstić information content (AvgIpc) is 2.75. The Labute approximate surface area is 128 Å². The first kappa shape index (κ1) is 14.7. The van der Waals surface area contributed by atoms with E-state index in [0.717, 1.165) is 28.1 Å². The molecule has 0 bridgehead atoms. The van der Waals surface area contributed by atoms with Crippen molar-refractivity contribution in [1.82, 2.24) is 14.5 Å². The second-order valence-electron chi connectivity index (χ2n) is 6.37. The number of aryl methyl sites for hydroxylation is 1. The van der Waals surface area contributed by atoms with Crippen LogP contribution in [0.5, 0.6) is 0 Å². The van der Waals surface area contributed by atoms with Crippen LogP contribution < -0.4 is 5.73 Å². The number of rotatable bonds is 3. The number of pyridine rings is 1. The number of imidazole rings is 1. The summed E-state index contributed by atoms with van der Waals surface area (Å²) >= 11 is 0. The minimum absolute atomic E-state index is 0.264. The maximum absolute atomic E-state index is 13.2. The number of benzene rings is 1. The molecule has 4 nitrogen and oxygen atoms in total. The summed E-state index contributed by atoms with van der Waals surface area (Å²) in [7, 11) is 0. The molecule has 0 spiro atoms. The van der Waals surface area contributed by atoms with Gasteiger partial charge in [0.25, 0.3) is 0 Å². The van der Waals surface area contributed by atoms with Crippen LogP contribution >= 0.6 is 0 Å². The van der Waals surface area contributed by atoms with E-state index in [0.29, 0.717) is 6.54 Å². The normalized spacial score (nSPS) is 12.0. The summed E-state index contributed by atoms with van der Waals surface area (Å²) in [5.41, 5.74) is 9.29. The molecule has 0 aliphatic carbocycles. The molecule has 0 saturated carbocycles. The van der Waals surface area contributed by atoms with Crippen molar-refractivity contribution >= 4 is 11.2 Å². The van der Waals surface area contributed by atoms with Crippen LogP contribution in [-0.4, -0.2) is 20.1 Å². The van der Waals surface area contributed by atoms with Crippen molar-refractivity contribution in [1.29, 1.82) is 0 Å². The van der Waals surface area contributed by atoms with Gasteiger partial charge >= 0.3 is 0 Å². The van der Waals surface area contributed by atoms with Gasteiger partial charge in [0, 0.05) is 23.8 Å². The Balaban J connectivity index is 2.23. The summed E-state index contributed by atoms with van der Waals surface area (Å²) in [6.45, 7) is 6.48. The minimum Gasteiger partial charge on any atom is -0.324 e. The molecule has 0 aliphatic rings. The second-order valence-corrected chi connectivity index (χ2v) is 6.37. The molecule has 2 aromatic heterocycles. The SMILES string of the molecule is Cc1cnc2c(c1)nc(-c1ccc(F)cc1)n2CC(C)(C)N. The fourth-order valence-electron chi connectivity index (χ4n) is 2.49. The van der Waals surface area contributed by atoms with E-state index in [1.54, 1.807) is 12.1 Å². The summed E-state index contributed by atoms with van der Waals surface area (Å²) in [6.07, 6.45) is 1.82. The van der Waals surface area contributed by atoms with Crippen LogP contribution in [-0.2, 0) is 6.54 Å². The Morgan fingerprint density at radius 2 is 1.91 bits per heavy atom. The van der Waals surface area contributed by atoms with Crippen LogP contribution in [0.4, 0.5) is 4.39 Å². The summed E-state index contributed by atoms with van der Waals surface area (Å²) in [5, 5.41) is 0. The zero-order valence-corrected chi connectivity index (χ0v) is 13.0. The smallest absolute Gasteiger partial charge is 0.160 e. The third kappa shape index (κ3) is 2.85. The number of nitrogens with zero attached hydrogens (tertiary/aromatic N) is 3. The minimum atomic E-state index is -0.408. The van der Waals surface area contributed by atoms with Gasteiger partial charge in [0.15, 0.2) is 5.65 Å². The van der Waals surface area contributed by atoms with Gasteiger partial charge in [0.05, 0.1) is 0 Å². The van der Waals surface area contributed by atoms with E-state index >= 15 is 0 Å². The lowest BCUT2D eigenvalue weighted by molar-refractivity contribution is 0.441. The summed E-state index contributed by atoms with van der Waals surface area (Å²) in [6, 6.07) is 8.32. The van der Waals surface area contributed by atoms with Crippen molar-refractivity contribution in [3.8, 4) is 11.4 Å². The molecule has 0 fully saturated rings. The molecule has 2 N–H and O–H groups in total. The van der Waals surface area contributed by atoms with Gasteiger partial charge in [-0.1, -0.05) is 0 Å². The van der Waals surface area contributed by atoms with Crippen LogP contribution in [0, 0.1) is 12.7 Å². The third-order valence-corrected chi connectivity index (χ3v) is 3.39. The van der Waals surface area contributed by atoms with Gasteiger partial charge in [-0.15, -0.1) is 0 Å². The van der Waals surface area contributed by atoms with Crippen molar-refractivity contribution in [2.75, 3.05) is 0 Å². The predicted molar refractivity (Wildman–Crippen MR) is 85.9 cm³/mol. The highest BCUT2D eigenvalue weighted by atomic mass is 19.1. The van der Waals surface area contributed by atoms with Crippen molar-refractivity contribution in [2.45, 2.75) is 32.9 Å². The van der Waals surface area contributed by atoms with Crippen LogP contribution in [0.1, 0.15) is 19.4 Å². The van der Waals surface area contributed by atoms with Crippen LogP contribution in [0.15, 0.2) is 36.5 Å². The molecule has 0 radical (unpaired) electrons. The fraction of sp³-hybridized carbons (Fsp3) is 0.294. The lowest BCUT2D eigenvalue weighted by atomic mass is 10.1. The van der Waals surface area contributed by atoms with Crippen LogP contribution in [0.25, 0.3) is 22.6 Å². The van der Waals surface area contributed by atoms with Crippen molar-refractivity contribution < 1.29 is 4.39 Å². The number of hydrogen-bond acceptors (Lipinski definition) is 3. The highest BCUT2D eigenvalue weighted by Crippen LogP contribution is 2.25. The second kappa shape index (κ2) is 5.18. The van der Waals surface area contributed by atoms with Crippen molar-refractivity contribution in [3.05, 3.63) is 47.9 Å². The van der Waals surface area contributed by atoms with Crippen molar-refractivity contribution in [2.24, 2.45) is 5.73 Å². The Morgan fingerprint density at radius 1 is 1.23 bits per heavy atom. The van der Waals surface area contributed by atoms with Gasteiger partial charge in [-0.05, 0) is 56.7 Å². The molecule has 3 rings (SSSR count). The number of fused-ring (bicyclic) bond motifs is 1. The number of halogens is 1. The van der Waals surface area contributed by atoms with Crippen molar-refractivity contribution in [3.63, 3.8) is 0 Å². The highest BCUT2D eigenvalue weighted by Gasteiger charge is 2.19. The van der Waals surface area contributed by atoms with E-state index in [2.05, 4.69) is 9.97 Å². The summed E-state index contributed by atoms with van der Waals surface area (Å²) in [4.78, 5) is 9.18. The number of aromatic nitrogens is 3. The zero-order valence-electron chi connectivity index (χ0n) is 13.0. The maximum atomic E-state index is 13.2. The fourth-order valence-corrected chi connectivity index (χ4v) is 2.49. The number of hydrogen-bond donors (Lipinski definition) is 1. The van der Waals surface area contributed by atoms with E-state index in [1.807, 2.05) is 37.6 Å². The summed E-state index contributed by atoms with van der Waals surface area (Å²) < 4.78 is 15.2. The van der Waals surface area contributed by atoms with E-state index in [9.17, 15) is 4.39 Å².